The third kappa shape index (κ3) is 5.07. The summed E-state index contributed by atoms with van der Waals surface area (Å²) in [4.78, 5) is 16.2. The number of sulfonamides is 1. The molecular weight excluding hydrogens is 537 g/mol. The van der Waals surface area contributed by atoms with E-state index in [0.29, 0.717) is 34.0 Å². The molecule has 0 radical (unpaired) electrons. The topological polar surface area (TPSA) is 113 Å². The number of hydrogen-bond donors (Lipinski definition) is 0. The number of fused-ring (bicyclic) bond motifs is 1. The first kappa shape index (κ1) is 26.3. The molecule has 3 aromatic carbocycles. The van der Waals surface area contributed by atoms with E-state index >= 15 is 0 Å². The number of aryl methyl sites for hydroxylation is 1. The maximum Gasteiger partial charge on any atom is 0.540 e. The van der Waals surface area contributed by atoms with E-state index in [9.17, 15) is 26.4 Å². The van der Waals surface area contributed by atoms with Crippen LogP contribution in [0, 0.1) is 6.92 Å². The first-order valence-electron chi connectivity index (χ1n) is 11.7. The summed E-state index contributed by atoms with van der Waals surface area (Å²) in [5.41, 5.74) is 1.06. The second-order valence-electron chi connectivity index (χ2n) is 8.87. The van der Waals surface area contributed by atoms with Gasteiger partial charge in [-0.1, -0.05) is 18.2 Å². The lowest BCUT2D eigenvalue weighted by Crippen LogP contribution is -2.42. The fraction of sp³-hybridized carbons (Fsp3) is 0.185. The van der Waals surface area contributed by atoms with Gasteiger partial charge in [-0.25, -0.2) is 17.7 Å². The average molecular weight is 560 g/mol. The van der Waals surface area contributed by atoms with E-state index in [1.54, 1.807) is 31.2 Å². The number of carbonyl (C=O) groups is 1. The molecule has 2 heterocycles. The Morgan fingerprint density at radius 1 is 1.08 bits per heavy atom. The largest absolute Gasteiger partial charge is 0.563 e. The van der Waals surface area contributed by atoms with Gasteiger partial charge in [0, 0.05) is 16.8 Å². The summed E-state index contributed by atoms with van der Waals surface area (Å²) < 4.78 is 77.6. The normalized spacial score (nSPS) is 15.3. The summed E-state index contributed by atoms with van der Waals surface area (Å²) in [6, 6.07) is 15.7. The van der Waals surface area contributed by atoms with Gasteiger partial charge in [0.05, 0.1) is 16.1 Å². The van der Waals surface area contributed by atoms with Crippen LogP contribution in [0.4, 0.5) is 18.9 Å². The monoisotopic (exact) mass is 559 g/mol. The summed E-state index contributed by atoms with van der Waals surface area (Å²) in [6.07, 6.45) is -4.32. The molecule has 1 aliphatic rings. The van der Waals surface area contributed by atoms with Gasteiger partial charge in [0.15, 0.2) is 0 Å². The van der Waals surface area contributed by atoms with Crippen LogP contribution in [-0.4, -0.2) is 30.5 Å². The Morgan fingerprint density at radius 2 is 1.74 bits per heavy atom. The number of halogens is 3. The Balaban J connectivity index is 1.30. The van der Waals surface area contributed by atoms with Crippen molar-refractivity contribution in [3.63, 3.8) is 0 Å². The average Bonchev–Trinajstić information content (AvgIpc) is 3.48. The van der Waals surface area contributed by atoms with E-state index in [-0.39, 0.29) is 23.8 Å². The molecule has 0 saturated carbocycles. The summed E-state index contributed by atoms with van der Waals surface area (Å²) in [7, 11) is -4.14. The van der Waals surface area contributed by atoms with Gasteiger partial charge in [0.1, 0.15) is 23.8 Å². The smallest absolute Gasteiger partial charge is 0.540 e. The van der Waals surface area contributed by atoms with Crippen LogP contribution in [0.15, 0.2) is 82.1 Å². The number of oxazole rings is 1. The molecule has 0 fully saturated rings. The second kappa shape index (κ2) is 9.77. The highest BCUT2D eigenvalue weighted by Crippen LogP contribution is 2.37. The Bertz CT molecular complexity index is 1630. The molecule has 4 aromatic rings. The number of alkyl halides is 3. The third-order valence-corrected chi connectivity index (χ3v) is 8.17. The van der Waals surface area contributed by atoms with Crippen LogP contribution >= 0.6 is 0 Å². The van der Waals surface area contributed by atoms with Crippen molar-refractivity contribution in [2.24, 2.45) is 0 Å². The summed E-state index contributed by atoms with van der Waals surface area (Å²) in [5, 5.41) is 7.58. The van der Waals surface area contributed by atoms with Crippen LogP contribution in [0.3, 0.4) is 0 Å². The number of rotatable bonds is 7. The standard InChI is InChI=1S/C27H21F3N2O6S/c1-16-22(31-25(38-16)17-6-8-19(9-7-17)27(28,29)30)15-37-20-10-12-21(13-11-20)39(35,36)32-23-5-3-2-4-18(23)14-24(32)26(33)34/h2-13,24H,14-15H2,1H3,(H,33,34)/p+1/t24-/m0/s1. The summed E-state index contributed by atoms with van der Waals surface area (Å²) in [5.74, 6) is -0.0932. The van der Waals surface area contributed by atoms with Gasteiger partial charge in [-0.15, -0.1) is 0 Å². The Hall–Kier alpha value is -4.32. The molecule has 202 valence electrons. The molecule has 8 nitrogen and oxygen atoms in total. The molecule has 0 aliphatic carbocycles. The maximum absolute atomic E-state index is 13.4. The summed E-state index contributed by atoms with van der Waals surface area (Å²) in [6.45, 7) is 1.61. The van der Waals surface area contributed by atoms with Crippen LogP contribution in [0.25, 0.3) is 11.5 Å². The van der Waals surface area contributed by atoms with E-state index in [1.807, 2.05) is 0 Å². The van der Waals surface area contributed by atoms with Gasteiger partial charge in [0.2, 0.25) is 11.9 Å². The molecule has 0 spiro atoms. The van der Waals surface area contributed by atoms with Gasteiger partial charge in [-0.2, -0.15) is 13.2 Å². The van der Waals surface area contributed by atoms with Crippen molar-refractivity contribution in [2.45, 2.75) is 37.1 Å². The molecule has 0 unspecified atom stereocenters. The minimum atomic E-state index is -4.45. The highest BCUT2D eigenvalue weighted by molar-refractivity contribution is 7.93. The first-order chi connectivity index (χ1) is 18.4. The first-order valence-corrected chi connectivity index (χ1v) is 13.1. The molecule has 1 atom stereocenters. The fourth-order valence-corrected chi connectivity index (χ4v) is 5.96. The van der Waals surface area contributed by atoms with Crippen molar-refractivity contribution in [3.8, 4) is 17.2 Å². The Labute approximate surface area is 221 Å². The number of aromatic nitrogens is 1. The molecule has 0 saturated heterocycles. The lowest BCUT2D eigenvalue weighted by molar-refractivity contribution is -0.138. The van der Waals surface area contributed by atoms with Crippen LogP contribution in [0.2, 0.25) is 0 Å². The number of benzene rings is 3. The van der Waals surface area contributed by atoms with Gasteiger partial charge in [0.25, 0.3) is 10.0 Å². The highest BCUT2D eigenvalue weighted by Gasteiger charge is 2.45. The molecule has 2 N–H and O–H groups in total. The van der Waals surface area contributed by atoms with Crippen LogP contribution < -0.4 is 9.04 Å². The van der Waals surface area contributed by atoms with E-state index in [2.05, 4.69) is 4.98 Å². The van der Waals surface area contributed by atoms with E-state index < -0.39 is 33.8 Å². The van der Waals surface area contributed by atoms with Crippen molar-refractivity contribution in [2.75, 3.05) is 4.31 Å². The molecule has 1 aromatic heterocycles. The lowest BCUT2D eigenvalue weighted by Gasteiger charge is -2.22. The van der Waals surface area contributed by atoms with Crippen molar-refractivity contribution < 1.29 is 40.6 Å². The van der Waals surface area contributed by atoms with Gasteiger partial charge < -0.3 is 14.3 Å². The lowest BCUT2D eigenvalue weighted by atomic mass is 10.1. The molecule has 12 heteroatoms. The SMILES string of the molecule is Cc1oc(-c2ccc(C(F)(F)F)cc2)nc1COc1ccc(S(=O)(=O)N2c3ccccc3C[C@H]2C(=O)[OH2+])cc1. The predicted molar refractivity (Wildman–Crippen MR) is 135 cm³/mol. The van der Waals surface area contributed by atoms with Crippen molar-refractivity contribution in [1.29, 1.82) is 0 Å². The maximum atomic E-state index is 13.4. The zero-order valence-corrected chi connectivity index (χ0v) is 21.2. The van der Waals surface area contributed by atoms with Crippen molar-refractivity contribution in [3.05, 3.63) is 95.4 Å². The quantitative estimate of drug-likeness (QED) is 0.306. The molecule has 5 rings (SSSR count). The minimum Gasteiger partial charge on any atom is -0.563 e. The number of para-hydroxylation sites is 1. The zero-order valence-electron chi connectivity index (χ0n) is 20.4. The number of ether oxygens (including phenoxy) is 1. The number of anilines is 1. The predicted octanol–water partition coefficient (Wildman–Crippen LogP) is 4.62. The number of hydrogen-bond acceptors (Lipinski definition) is 6. The molecule has 0 amide bonds. The van der Waals surface area contributed by atoms with Crippen LogP contribution in [-0.2, 0) is 34.0 Å². The van der Waals surface area contributed by atoms with Crippen LogP contribution in [0.1, 0.15) is 22.6 Å². The van der Waals surface area contributed by atoms with E-state index in [4.69, 9.17) is 14.3 Å². The molecule has 1 aliphatic heterocycles. The summed E-state index contributed by atoms with van der Waals surface area (Å²) >= 11 is 0. The Kier molecular flexibility index (Phi) is 6.59. The molecule has 39 heavy (non-hydrogen) atoms. The van der Waals surface area contributed by atoms with E-state index in [0.717, 1.165) is 16.4 Å². The zero-order chi connectivity index (χ0) is 27.9. The van der Waals surface area contributed by atoms with Crippen molar-refractivity contribution >= 4 is 21.7 Å². The minimum absolute atomic E-state index is 0.0308. The number of nitrogens with zero attached hydrogens (tertiary/aromatic N) is 2. The van der Waals surface area contributed by atoms with Gasteiger partial charge in [-0.05, 0) is 67.1 Å². The second-order valence-corrected chi connectivity index (χ2v) is 10.7. The van der Waals surface area contributed by atoms with Crippen molar-refractivity contribution in [1.82, 2.24) is 4.98 Å². The highest BCUT2D eigenvalue weighted by atomic mass is 32.2. The Morgan fingerprint density at radius 3 is 2.38 bits per heavy atom. The number of carbonyl (C=O) groups excluding carboxylic acids is 1. The fourth-order valence-electron chi connectivity index (χ4n) is 4.31. The van der Waals surface area contributed by atoms with Gasteiger partial charge in [-0.3, -0.25) is 0 Å². The van der Waals surface area contributed by atoms with Crippen LogP contribution in [0.5, 0.6) is 5.75 Å². The molecule has 0 bridgehead atoms. The molecular formula is C27H22F3N2O6S+. The van der Waals surface area contributed by atoms with Gasteiger partial charge >= 0.3 is 12.1 Å². The third-order valence-electron chi connectivity index (χ3n) is 6.34. The van der Waals surface area contributed by atoms with E-state index in [1.165, 1.54) is 36.4 Å².